The molecule has 0 spiro atoms. The summed E-state index contributed by atoms with van der Waals surface area (Å²) < 4.78 is 26.6. The van der Waals surface area contributed by atoms with E-state index in [0.717, 1.165) is 48.2 Å². The number of hydrogen-bond donors (Lipinski definition) is 2. The van der Waals surface area contributed by atoms with Gasteiger partial charge in [0.2, 0.25) is 5.79 Å². The summed E-state index contributed by atoms with van der Waals surface area (Å²) in [6, 6.07) is 16.3. The number of unbranched alkanes of at least 4 members (excludes halogenated alkanes) is 2. The number of oxime groups is 1. The van der Waals surface area contributed by atoms with Crippen molar-refractivity contribution in [3.8, 4) is 17.2 Å². The molecule has 0 radical (unpaired) electrons. The summed E-state index contributed by atoms with van der Waals surface area (Å²) in [7, 11) is 0. The lowest BCUT2D eigenvalue weighted by Gasteiger charge is -2.59. The number of carbonyl (C=O) groups excluding carboxylic acids is 1. The fraction of sp³-hybridized carbons (Fsp3) is 0.500. The smallest absolute Gasteiger partial charge is 0.415 e. The molecule has 1 aliphatic heterocycles. The molecular formula is C46H58N4O10. The number of amides is 1. The monoisotopic (exact) mass is 826 g/mol. The molecule has 1 amide bonds. The molecule has 3 aliphatic rings. The van der Waals surface area contributed by atoms with Crippen molar-refractivity contribution < 1.29 is 43.7 Å². The van der Waals surface area contributed by atoms with Crippen LogP contribution in [0.3, 0.4) is 0 Å². The van der Waals surface area contributed by atoms with Gasteiger partial charge in [0.25, 0.3) is 5.69 Å². The van der Waals surface area contributed by atoms with Crippen molar-refractivity contribution in [1.29, 1.82) is 0 Å². The van der Waals surface area contributed by atoms with Crippen molar-refractivity contribution in [1.82, 2.24) is 9.88 Å². The Labute approximate surface area is 352 Å². The third-order valence-corrected chi connectivity index (χ3v) is 11.6. The third kappa shape index (κ3) is 9.83. The van der Waals surface area contributed by atoms with E-state index in [1.807, 2.05) is 51.1 Å². The number of fused-ring (bicyclic) bond motifs is 2. The maximum absolute atomic E-state index is 14.5. The van der Waals surface area contributed by atoms with Gasteiger partial charge < -0.3 is 34.0 Å². The van der Waals surface area contributed by atoms with E-state index in [1.165, 1.54) is 24.3 Å². The number of non-ortho nitro benzene ring substituents is 1. The Morgan fingerprint density at radius 1 is 1.07 bits per heavy atom. The average molecular weight is 827 g/mol. The number of benzene rings is 2. The molecule has 2 heterocycles. The van der Waals surface area contributed by atoms with Crippen LogP contribution >= 0.6 is 0 Å². The first-order valence-corrected chi connectivity index (χ1v) is 21.2. The molecule has 14 heteroatoms. The first-order valence-electron chi connectivity index (χ1n) is 21.2. The number of carbonyl (C=O) groups is 1. The van der Waals surface area contributed by atoms with Gasteiger partial charge in [0.05, 0.1) is 28.9 Å². The first kappa shape index (κ1) is 44.2. The molecule has 1 saturated carbocycles. The van der Waals surface area contributed by atoms with E-state index in [-0.39, 0.29) is 68.6 Å². The molecule has 2 aliphatic carbocycles. The number of aliphatic hydroxyl groups is 2. The lowest BCUT2D eigenvalue weighted by atomic mass is 9.55. The molecule has 1 fully saturated rings. The van der Waals surface area contributed by atoms with Crippen molar-refractivity contribution in [3.05, 3.63) is 112 Å². The second kappa shape index (κ2) is 20.8. The van der Waals surface area contributed by atoms with E-state index in [2.05, 4.69) is 23.7 Å². The fourth-order valence-electron chi connectivity index (χ4n) is 9.13. The predicted molar refractivity (Wildman–Crippen MR) is 226 cm³/mol. The van der Waals surface area contributed by atoms with E-state index in [4.69, 9.17) is 28.9 Å². The van der Waals surface area contributed by atoms with Crippen LogP contribution in [0.4, 0.5) is 10.5 Å². The maximum atomic E-state index is 14.5. The van der Waals surface area contributed by atoms with Gasteiger partial charge in [-0.1, -0.05) is 43.1 Å². The van der Waals surface area contributed by atoms with Crippen LogP contribution in [0.15, 0.2) is 90.1 Å². The lowest BCUT2D eigenvalue weighted by Crippen LogP contribution is -2.70. The number of nitrogens with zero attached hydrogens (tertiary/aromatic N) is 4. The second-order valence-corrected chi connectivity index (χ2v) is 15.6. The molecule has 2 aromatic carbocycles. The number of allylic oxidation sites excluding steroid dienone is 1. The van der Waals surface area contributed by atoms with Crippen LogP contribution < -0.4 is 14.2 Å². The zero-order valence-corrected chi connectivity index (χ0v) is 34.9. The van der Waals surface area contributed by atoms with Crippen LogP contribution in [0, 0.1) is 34.8 Å². The maximum Gasteiger partial charge on any atom is 0.415 e. The average Bonchev–Trinajstić information content (AvgIpc) is 3.25. The van der Waals surface area contributed by atoms with Crippen molar-refractivity contribution in [2.45, 2.75) is 96.5 Å². The number of aliphatic hydroxyl groups excluding tert-OH is 2. The van der Waals surface area contributed by atoms with Crippen molar-refractivity contribution in [2.24, 2.45) is 22.9 Å². The summed E-state index contributed by atoms with van der Waals surface area (Å²) >= 11 is 0. The number of nitro groups is 1. The van der Waals surface area contributed by atoms with Crippen molar-refractivity contribution in [3.63, 3.8) is 0 Å². The highest BCUT2D eigenvalue weighted by Gasteiger charge is 2.65. The highest BCUT2D eigenvalue weighted by Crippen LogP contribution is 2.62. The number of nitro benzene ring substituents is 1. The zero-order valence-electron chi connectivity index (χ0n) is 34.9. The van der Waals surface area contributed by atoms with Gasteiger partial charge in [-0.3, -0.25) is 20.0 Å². The third-order valence-electron chi connectivity index (χ3n) is 11.6. The van der Waals surface area contributed by atoms with Gasteiger partial charge in [-0.25, -0.2) is 4.79 Å². The molecular weight excluding hydrogens is 769 g/mol. The number of hydrogen-bond acceptors (Lipinski definition) is 12. The summed E-state index contributed by atoms with van der Waals surface area (Å²) in [5.41, 5.74) is 4.10. The Morgan fingerprint density at radius 2 is 1.82 bits per heavy atom. The Morgan fingerprint density at radius 3 is 2.50 bits per heavy atom. The standard InChI is InChI=1S/C46H58N4O10/c1-5-23-49(45(53)59-35-19-17-34(18-20-35)50(54)55)42-29-40(48-58-7-3)38-27-32(14-8-10-24-51)37(16-9-11-25-52)43-39-28-36(56-30-33-15-12-13-31(4)47-33)21-22-41(39)60-46(42,44(38)43)57-26-6-2/h6,12-13,15,17-22,27-28,32,37,42-44,51-52H,2,5,7-11,14,16,23-26,29-30H2,1,3-4H3/t32-,37+,42-,43+,44+,46+/m0/s1. The molecule has 6 atom stereocenters. The van der Waals surface area contributed by atoms with Gasteiger partial charge in [-0.05, 0) is 106 Å². The Hall–Kier alpha value is -5.31. The lowest BCUT2D eigenvalue weighted by molar-refractivity contribution is -0.384. The number of pyridine rings is 1. The first-order chi connectivity index (χ1) is 29.2. The molecule has 60 heavy (non-hydrogen) atoms. The van der Waals surface area contributed by atoms with Gasteiger partial charge >= 0.3 is 6.09 Å². The number of rotatable bonds is 21. The molecule has 0 saturated heterocycles. The van der Waals surface area contributed by atoms with Crippen LogP contribution in [0.2, 0.25) is 0 Å². The fourth-order valence-corrected chi connectivity index (χ4v) is 9.13. The van der Waals surface area contributed by atoms with Crippen LogP contribution in [0.25, 0.3) is 0 Å². The molecule has 1 aromatic heterocycles. The van der Waals surface area contributed by atoms with Gasteiger partial charge in [-0.2, -0.15) is 0 Å². The van der Waals surface area contributed by atoms with Gasteiger partial charge in [0, 0.05) is 55.5 Å². The van der Waals surface area contributed by atoms with Gasteiger partial charge in [-0.15, -0.1) is 6.58 Å². The van der Waals surface area contributed by atoms with E-state index >= 15 is 0 Å². The zero-order chi connectivity index (χ0) is 42.6. The molecule has 6 rings (SSSR count). The molecule has 3 aromatic rings. The highest BCUT2D eigenvalue weighted by molar-refractivity contribution is 6.03. The Kier molecular flexibility index (Phi) is 15.3. The Bertz CT molecular complexity index is 2000. The predicted octanol–water partition coefficient (Wildman–Crippen LogP) is 8.44. The van der Waals surface area contributed by atoms with E-state index < -0.39 is 28.8 Å². The Balaban J connectivity index is 1.53. The van der Waals surface area contributed by atoms with Crippen molar-refractivity contribution in [2.75, 3.05) is 33.0 Å². The van der Waals surface area contributed by atoms with Gasteiger partial charge in [0.1, 0.15) is 36.5 Å². The molecule has 0 unspecified atom stereocenters. The van der Waals surface area contributed by atoms with Crippen LogP contribution in [-0.4, -0.2) is 81.6 Å². The van der Waals surface area contributed by atoms with E-state index in [9.17, 15) is 25.1 Å². The van der Waals surface area contributed by atoms with Crippen LogP contribution in [-0.2, 0) is 16.2 Å². The summed E-state index contributed by atoms with van der Waals surface area (Å²) in [4.78, 5) is 37.4. The highest BCUT2D eigenvalue weighted by atomic mass is 16.7. The second-order valence-electron chi connectivity index (χ2n) is 15.6. The molecule has 2 N–H and O–H groups in total. The number of aryl methyl sites for hydroxylation is 1. The van der Waals surface area contributed by atoms with E-state index in [0.29, 0.717) is 43.1 Å². The SMILES string of the molecule is C=CCO[C@@]12Oc3ccc(OCc4cccc(C)n4)cc3[C@H]3[C@H](CCCCO)[C@@H](CCCCO)C=C(C(=NOCC)C[C@@H]1N(CCC)C(=O)Oc1ccc([N+](=O)[O-])cc1)[C@H]32. The van der Waals surface area contributed by atoms with Crippen molar-refractivity contribution >= 4 is 17.5 Å². The van der Waals surface area contributed by atoms with Crippen LogP contribution in [0.5, 0.6) is 17.2 Å². The minimum Gasteiger partial charge on any atom is -0.487 e. The minimum absolute atomic E-state index is 0.0332. The molecule has 0 bridgehead atoms. The summed E-state index contributed by atoms with van der Waals surface area (Å²) in [5.74, 6) is -0.704. The minimum atomic E-state index is -1.47. The molecule has 322 valence electrons. The number of aromatic nitrogens is 1. The van der Waals surface area contributed by atoms with Crippen LogP contribution in [0.1, 0.15) is 88.1 Å². The topological polar surface area (TPSA) is 175 Å². The summed E-state index contributed by atoms with van der Waals surface area (Å²) in [5, 5.41) is 35.9. The quantitative estimate of drug-likeness (QED) is 0.0456. The van der Waals surface area contributed by atoms with E-state index in [1.54, 1.807) is 11.0 Å². The molecule has 14 nitrogen and oxygen atoms in total. The normalized spacial score (nSPS) is 23.4. The largest absolute Gasteiger partial charge is 0.487 e. The summed E-state index contributed by atoms with van der Waals surface area (Å²) in [6.07, 6.45) is 8.57. The number of ether oxygens (including phenoxy) is 4. The van der Waals surface area contributed by atoms with Gasteiger partial charge in [0.15, 0.2) is 0 Å². The summed E-state index contributed by atoms with van der Waals surface area (Å²) in [6.45, 7) is 10.9.